The van der Waals surface area contributed by atoms with Crippen LogP contribution in [0.5, 0.6) is 0 Å². The van der Waals surface area contributed by atoms with E-state index in [1.165, 1.54) is 6.08 Å². The van der Waals surface area contributed by atoms with Gasteiger partial charge in [-0.15, -0.1) is 0 Å². The van der Waals surface area contributed by atoms with Crippen molar-refractivity contribution in [1.29, 1.82) is 0 Å². The van der Waals surface area contributed by atoms with Gasteiger partial charge in [-0.1, -0.05) is 86.7 Å². The summed E-state index contributed by atoms with van der Waals surface area (Å²) in [7, 11) is 0. The summed E-state index contributed by atoms with van der Waals surface area (Å²) in [6, 6.07) is 13.8. The molecule has 4 aliphatic rings. The normalized spacial score (nSPS) is 19.6. The van der Waals surface area contributed by atoms with Crippen LogP contribution in [0, 0.1) is 5.92 Å². The van der Waals surface area contributed by atoms with E-state index in [1.54, 1.807) is 6.08 Å². The highest BCUT2D eigenvalue weighted by molar-refractivity contribution is 5.93. The highest BCUT2D eigenvalue weighted by Gasteiger charge is 2.33. The molecule has 0 saturated heterocycles. The molecule has 2 aromatic rings. The third-order valence-electron chi connectivity index (χ3n) is 10.2. The molecule has 1 aliphatic heterocycles. The van der Waals surface area contributed by atoms with Gasteiger partial charge in [0.1, 0.15) is 18.7 Å². The average Bonchev–Trinajstić information content (AvgIpc) is 3.42. The van der Waals surface area contributed by atoms with Crippen molar-refractivity contribution in [3.05, 3.63) is 94.7 Å². The Bertz CT molecular complexity index is 1710. The van der Waals surface area contributed by atoms with Crippen LogP contribution in [-0.4, -0.2) is 54.5 Å². The van der Waals surface area contributed by atoms with Crippen molar-refractivity contribution in [2.45, 2.75) is 88.8 Å². The van der Waals surface area contributed by atoms with E-state index in [-0.39, 0.29) is 43.2 Å². The molecule has 50 heavy (non-hydrogen) atoms. The molecular formula is C39H45N5O6. The number of primary amides is 1. The molecule has 11 nitrogen and oxygen atoms in total. The fourth-order valence-corrected chi connectivity index (χ4v) is 7.67. The molecule has 0 spiro atoms. The number of carbonyl (C=O) groups excluding carboxylic acids is 5. The number of fused-ring (bicyclic) bond motifs is 4. The lowest BCUT2D eigenvalue weighted by Crippen LogP contribution is -2.54. The fourth-order valence-electron chi connectivity index (χ4n) is 7.67. The summed E-state index contributed by atoms with van der Waals surface area (Å²) in [6.45, 7) is 1.97. The van der Waals surface area contributed by atoms with Crippen LogP contribution in [0.25, 0.3) is 11.1 Å². The van der Waals surface area contributed by atoms with Crippen LogP contribution in [-0.2, 0) is 23.9 Å². The standard InChI is InChI=1S/C39H45N5O6/c1-23-19-36(46)42-33-21-25(15-16-26(23)33)41-37(47)32(17-18-35(40)45)43-38(48)34(20-24-9-3-2-4-10-24)44-39(49)50-22-31-29-13-7-5-11-27(29)28-12-6-8-14-30(28)31/h5-8,11-16,19,24,31-34H,2-4,9-10,17-18,20-22H2,1H3,(H2,40,45)(H,41,47)(H,42,46)(H,43,48)(H,44,49)/t32-,33?,34-/m0/s1. The molecule has 1 heterocycles. The Labute approximate surface area is 292 Å². The molecule has 3 aliphatic carbocycles. The summed E-state index contributed by atoms with van der Waals surface area (Å²) in [6.07, 6.45) is 10.2. The van der Waals surface area contributed by atoms with Gasteiger partial charge in [-0.05, 0) is 65.2 Å². The molecule has 11 heteroatoms. The van der Waals surface area contributed by atoms with Crippen LogP contribution in [0.3, 0.4) is 0 Å². The number of nitrogens with two attached hydrogens (primary N) is 1. The molecule has 1 fully saturated rings. The van der Waals surface area contributed by atoms with Crippen LogP contribution in [0.2, 0.25) is 0 Å². The molecule has 6 rings (SSSR count). The van der Waals surface area contributed by atoms with Crippen LogP contribution < -0.4 is 27.0 Å². The summed E-state index contributed by atoms with van der Waals surface area (Å²) < 4.78 is 5.78. The van der Waals surface area contributed by atoms with Crippen LogP contribution >= 0.6 is 0 Å². The number of alkyl carbamates (subject to hydrolysis) is 1. The van der Waals surface area contributed by atoms with Gasteiger partial charge in [-0.25, -0.2) is 4.79 Å². The molecule has 0 aromatic heterocycles. The Morgan fingerprint density at radius 3 is 2.26 bits per heavy atom. The minimum atomic E-state index is -1.10. The SMILES string of the molecule is CC1=CC(=O)NC2CC(NC(=O)[C@H](CCC(N)=O)NC(=O)[C@H](CC3CCCCC3)NC(=O)OCC3c4ccccc4-c4ccccc43)=CC=C12. The van der Waals surface area contributed by atoms with Crippen molar-refractivity contribution in [1.82, 2.24) is 21.3 Å². The monoisotopic (exact) mass is 679 g/mol. The Kier molecular flexibility index (Phi) is 10.8. The first-order valence-corrected chi connectivity index (χ1v) is 17.6. The number of amides is 5. The minimum Gasteiger partial charge on any atom is -0.449 e. The molecule has 1 saturated carbocycles. The van der Waals surface area contributed by atoms with Crippen molar-refractivity contribution in [3.8, 4) is 11.1 Å². The molecule has 2 aromatic carbocycles. The predicted octanol–water partition coefficient (Wildman–Crippen LogP) is 4.39. The van der Waals surface area contributed by atoms with Gasteiger partial charge in [0.25, 0.3) is 0 Å². The number of hydrogen-bond donors (Lipinski definition) is 5. The van der Waals surface area contributed by atoms with Crippen molar-refractivity contribution >= 4 is 29.7 Å². The molecule has 262 valence electrons. The third kappa shape index (κ3) is 8.15. The van der Waals surface area contributed by atoms with E-state index in [4.69, 9.17) is 10.5 Å². The van der Waals surface area contributed by atoms with Crippen molar-refractivity contribution in [3.63, 3.8) is 0 Å². The number of benzene rings is 2. The van der Waals surface area contributed by atoms with Gasteiger partial charge in [0.15, 0.2) is 0 Å². The van der Waals surface area contributed by atoms with E-state index < -0.39 is 35.9 Å². The van der Waals surface area contributed by atoms with Gasteiger partial charge in [0, 0.05) is 30.5 Å². The molecule has 1 unspecified atom stereocenters. The molecule has 3 atom stereocenters. The second kappa shape index (κ2) is 15.6. The zero-order valence-electron chi connectivity index (χ0n) is 28.3. The number of allylic oxidation sites excluding steroid dienone is 2. The summed E-state index contributed by atoms with van der Waals surface area (Å²) in [4.78, 5) is 64.6. The second-order valence-electron chi connectivity index (χ2n) is 13.7. The Balaban J connectivity index is 1.13. The largest absolute Gasteiger partial charge is 0.449 e. The maximum Gasteiger partial charge on any atom is 0.407 e. The first kappa shape index (κ1) is 34.7. The zero-order valence-corrected chi connectivity index (χ0v) is 28.3. The highest BCUT2D eigenvalue weighted by atomic mass is 16.5. The van der Waals surface area contributed by atoms with Crippen molar-refractivity contribution < 1.29 is 28.7 Å². The van der Waals surface area contributed by atoms with Gasteiger partial charge >= 0.3 is 6.09 Å². The van der Waals surface area contributed by atoms with Gasteiger partial charge in [-0.3, -0.25) is 19.2 Å². The summed E-state index contributed by atoms with van der Waals surface area (Å²) >= 11 is 0. The van der Waals surface area contributed by atoms with Crippen molar-refractivity contribution in [2.24, 2.45) is 11.7 Å². The fraction of sp³-hybridized carbons (Fsp3) is 0.410. The number of hydrogen-bond acceptors (Lipinski definition) is 6. The third-order valence-corrected chi connectivity index (χ3v) is 10.2. The minimum absolute atomic E-state index is 0.0234. The number of nitrogens with one attached hydrogen (secondary N) is 4. The topological polar surface area (TPSA) is 169 Å². The quantitative estimate of drug-likeness (QED) is 0.223. The predicted molar refractivity (Wildman–Crippen MR) is 188 cm³/mol. The lowest BCUT2D eigenvalue weighted by atomic mass is 9.84. The summed E-state index contributed by atoms with van der Waals surface area (Å²) in [5.74, 6) is -1.77. The lowest BCUT2D eigenvalue weighted by Gasteiger charge is -2.30. The van der Waals surface area contributed by atoms with Gasteiger partial charge < -0.3 is 31.7 Å². The first-order chi connectivity index (χ1) is 24.2. The van der Waals surface area contributed by atoms with Gasteiger partial charge in [-0.2, -0.15) is 0 Å². The Morgan fingerprint density at radius 2 is 1.58 bits per heavy atom. The van der Waals surface area contributed by atoms with E-state index in [9.17, 15) is 24.0 Å². The molecule has 6 N–H and O–H groups in total. The second-order valence-corrected chi connectivity index (χ2v) is 13.7. The maximum absolute atomic E-state index is 13.9. The summed E-state index contributed by atoms with van der Waals surface area (Å²) in [5.41, 5.74) is 12.2. The number of carbonyl (C=O) groups is 5. The van der Waals surface area contributed by atoms with E-state index >= 15 is 0 Å². The molecule has 0 bridgehead atoms. The van der Waals surface area contributed by atoms with E-state index in [1.807, 2.05) is 49.4 Å². The van der Waals surface area contributed by atoms with Crippen LogP contribution in [0.4, 0.5) is 4.79 Å². The van der Waals surface area contributed by atoms with E-state index in [2.05, 4.69) is 33.4 Å². The lowest BCUT2D eigenvalue weighted by molar-refractivity contribution is -0.130. The van der Waals surface area contributed by atoms with Crippen molar-refractivity contribution in [2.75, 3.05) is 6.61 Å². The average molecular weight is 680 g/mol. The molecule has 0 radical (unpaired) electrons. The van der Waals surface area contributed by atoms with Crippen LogP contribution in [0.1, 0.15) is 81.8 Å². The first-order valence-electron chi connectivity index (χ1n) is 17.6. The van der Waals surface area contributed by atoms with Crippen LogP contribution in [0.15, 0.2) is 83.6 Å². The maximum atomic E-state index is 13.9. The molecular weight excluding hydrogens is 634 g/mol. The Morgan fingerprint density at radius 1 is 0.900 bits per heavy atom. The number of rotatable bonds is 12. The Hall–Kier alpha value is -5.19. The van der Waals surface area contributed by atoms with Gasteiger partial charge in [0.05, 0.1) is 6.04 Å². The smallest absolute Gasteiger partial charge is 0.407 e. The number of ether oxygens (including phenoxy) is 1. The van der Waals surface area contributed by atoms with Gasteiger partial charge in [0.2, 0.25) is 23.6 Å². The van der Waals surface area contributed by atoms with E-state index in [0.29, 0.717) is 18.5 Å². The summed E-state index contributed by atoms with van der Waals surface area (Å²) in [5, 5.41) is 11.4. The molecule has 5 amide bonds. The highest BCUT2D eigenvalue weighted by Crippen LogP contribution is 2.44. The zero-order chi connectivity index (χ0) is 35.2. The van der Waals surface area contributed by atoms with E-state index in [0.717, 1.165) is 65.5 Å².